The molecule has 0 aliphatic heterocycles. The highest BCUT2D eigenvalue weighted by atomic mass is 16.4. The van der Waals surface area contributed by atoms with Crippen molar-refractivity contribution in [3.8, 4) is 0 Å². The van der Waals surface area contributed by atoms with E-state index in [1.807, 2.05) is 13.8 Å². The normalized spacial score (nSPS) is 14.4. The highest BCUT2D eigenvalue weighted by molar-refractivity contribution is 5.66. The summed E-state index contributed by atoms with van der Waals surface area (Å²) < 4.78 is 0. The zero-order valence-electron chi connectivity index (χ0n) is 22.1. The van der Waals surface area contributed by atoms with Crippen molar-refractivity contribution in [3.63, 3.8) is 0 Å². The second-order valence-electron chi connectivity index (χ2n) is 9.59. The van der Waals surface area contributed by atoms with Crippen molar-refractivity contribution >= 4 is 5.97 Å². The molecular formula is C27H55NO4. The van der Waals surface area contributed by atoms with E-state index in [1.54, 1.807) is 25.9 Å². The Bertz CT molecular complexity index is 425. The molecule has 0 saturated heterocycles. The minimum Gasteiger partial charge on any atom is -0.481 e. The van der Waals surface area contributed by atoms with Crippen LogP contribution in [0.25, 0.3) is 0 Å². The van der Waals surface area contributed by atoms with Crippen LogP contribution in [0.4, 0.5) is 0 Å². The number of aliphatic hydroxyl groups is 2. The minimum atomic E-state index is -1.11. The van der Waals surface area contributed by atoms with Crippen LogP contribution in [0.15, 0.2) is 12.2 Å². The number of unbranched alkanes of at least 4 members (excludes halogenated alkanes) is 12. The summed E-state index contributed by atoms with van der Waals surface area (Å²) in [7, 11) is 3.51. The van der Waals surface area contributed by atoms with E-state index in [0.717, 1.165) is 12.8 Å². The van der Waals surface area contributed by atoms with Gasteiger partial charge in [-0.2, -0.15) is 0 Å². The molecule has 0 rings (SSSR count). The Hall–Kier alpha value is -0.910. The number of carboxylic acids is 1. The number of hydrogen-bond donors (Lipinski definition) is 3. The molecule has 0 bridgehead atoms. The van der Waals surface area contributed by atoms with Gasteiger partial charge in [-0.25, -0.2) is 0 Å². The molecule has 0 aromatic carbocycles. The fraction of sp³-hybridized carbons (Fsp3) is 0.889. The first-order valence-corrected chi connectivity index (χ1v) is 13.0. The standard InChI is InChI=1S/C19H36O2.C8H19NO2/c1-2-3-4-5-6-7-8-9-10-11-12-13-14-15-16-17-18-19(20)21;1-6(2)8(11,7(3)10)9(4)5/h9-10H,2-8,11-18H2,1H3,(H,20,21);6-7,10-11H,1-5H3. The quantitative estimate of drug-likeness (QED) is 0.113. The molecular weight excluding hydrogens is 402 g/mol. The van der Waals surface area contributed by atoms with E-state index in [4.69, 9.17) is 5.11 Å². The van der Waals surface area contributed by atoms with E-state index in [9.17, 15) is 15.0 Å². The number of aliphatic carboxylic acids is 1. The Kier molecular flexibility index (Phi) is 22.8. The van der Waals surface area contributed by atoms with Crippen LogP contribution in [0.2, 0.25) is 0 Å². The highest BCUT2D eigenvalue weighted by Crippen LogP contribution is 2.23. The molecule has 0 heterocycles. The smallest absolute Gasteiger partial charge is 0.303 e. The lowest BCUT2D eigenvalue weighted by molar-refractivity contribution is -0.183. The maximum atomic E-state index is 10.3. The fourth-order valence-corrected chi connectivity index (χ4v) is 3.90. The molecule has 0 saturated carbocycles. The number of likely N-dealkylation sites (N-methyl/N-ethyl adjacent to an activating group) is 1. The van der Waals surface area contributed by atoms with E-state index in [-0.39, 0.29) is 5.92 Å². The third kappa shape index (κ3) is 18.6. The molecule has 3 N–H and O–H groups in total. The van der Waals surface area contributed by atoms with Gasteiger partial charge in [-0.05, 0) is 59.0 Å². The fourth-order valence-electron chi connectivity index (χ4n) is 3.90. The number of allylic oxidation sites excluding steroid dienone is 2. The van der Waals surface area contributed by atoms with Gasteiger partial charge < -0.3 is 15.3 Å². The van der Waals surface area contributed by atoms with Gasteiger partial charge in [0, 0.05) is 6.42 Å². The van der Waals surface area contributed by atoms with E-state index in [2.05, 4.69) is 19.1 Å². The molecule has 2 atom stereocenters. The number of nitrogens with zero attached hydrogens (tertiary/aromatic N) is 1. The second kappa shape index (κ2) is 21.9. The van der Waals surface area contributed by atoms with Gasteiger partial charge in [-0.1, -0.05) is 90.7 Å². The molecule has 2 unspecified atom stereocenters. The lowest BCUT2D eigenvalue weighted by Gasteiger charge is -2.40. The Balaban J connectivity index is 0. The number of carboxylic acid groups (broad SMARTS) is 1. The summed E-state index contributed by atoms with van der Waals surface area (Å²) in [4.78, 5) is 12.0. The van der Waals surface area contributed by atoms with Crippen LogP contribution in [0.1, 0.15) is 124 Å². The summed E-state index contributed by atoms with van der Waals surface area (Å²) in [5.41, 5.74) is -1.11. The highest BCUT2D eigenvalue weighted by Gasteiger charge is 2.38. The number of rotatable bonds is 19. The van der Waals surface area contributed by atoms with E-state index in [1.165, 1.54) is 77.0 Å². The number of aliphatic hydroxyl groups excluding tert-OH is 1. The summed E-state index contributed by atoms with van der Waals surface area (Å²) in [6.07, 6.45) is 22.0. The van der Waals surface area contributed by atoms with Gasteiger partial charge in [0.25, 0.3) is 0 Å². The first-order chi connectivity index (χ1) is 15.1. The van der Waals surface area contributed by atoms with Crippen LogP contribution in [0.3, 0.4) is 0 Å². The van der Waals surface area contributed by atoms with Crippen molar-refractivity contribution in [3.05, 3.63) is 12.2 Å². The number of carbonyl (C=O) groups is 1. The lowest BCUT2D eigenvalue weighted by atomic mass is 9.93. The van der Waals surface area contributed by atoms with Crippen LogP contribution in [-0.2, 0) is 4.79 Å². The van der Waals surface area contributed by atoms with Crippen LogP contribution in [-0.4, -0.2) is 52.1 Å². The SMILES string of the molecule is CC(C)C(O)(C(C)O)N(C)C.CCCCCCCCC=CCCCCCCCCC(=O)O. The zero-order valence-corrected chi connectivity index (χ0v) is 22.1. The molecule has 32 heavy (non-hydrogen) atoms. The zero-order chi connectivity index (χ0) is 24.8. The van der Waals surface area contributed by atoms with Gasteiger partial charge in [-0.15, -0.1) is 0 Å². The van der Waals surface area contributed by atoms with Crippen LogP contribution in [0, 0.1) is 5.92 Å². The van der Waals surface area contributed by atoms with Gasteiger partial charge in [0.1, 0.15) is 5.72 Å². The third-order valence-corrected chi connectivity index (χ3v) is 6.08. The van der Waals surface area contributed by atoms with Gasteiger partial charge in [0.05, 0.1) is 6.10 Å². The molecule has 0 fully saturated rings. The van der Waals surface area contributed by atoms with Crippen LogP contribution >= 0.6 is 0 Å². The van der Waals surface area contributed by atoms with Gasteiger partial charge in [0.15, 0.2) is 0 Å². The average molecular weight is 458 g/mol. The van der Waals surface area contributed by atoms with Crippen molar-refractivity contribution in [2.75, 3.05) is 14.1 Å². The molecule has 0 aliphatic carbocycles. The average Bonchev–Trinajstić information content (AvgIpc) is 2.72. The third-order valence-electron chi connectivity index (χ3n) is 6.08. The summed E-state index contributed by atoms with van der Waals surface area (Å²) in [5, 5.41) is 27.8. The van der Waals surface area contributed by atoms with E-state index < -0.39 is 17.8 Å². The maximum absolute atomic E-state index is 10.3. The van der Waals surface area contributed by atoms with Gasteiger partial charge in [0.2, 0.25) is 0 Å². The topological polar surface area (TPSA) is 81.0 Å². The lowest BCUT2D eigenvalue weighted by Crippen LogP contribution is -2.56. The largest absolute Gasteiger partial charge is 0.481 e. The first kappa shape index (κ1) is 33.3. The summed E-state index contributed by atoms with van der Waals surface area (Å²) in [6, 6.07) is 0. The maximum Gasteiger partial charge on any atom is 0.303 e. The van der Waals surface area contributed by atoms with Crippen LogP contribution < -0.4 is 0 Å². The molecule has 0 aliphatic rings. The molecule has 0 radical (unpaired) electrons. The molecule has 0 aromatic heterocycles. The van der Waals surface area contributed by atoms with Gasteiger partial charge >= 0.3 is 5.97 Å². The Morgan fingerprint density at radius 2 is 1.22 bits per heavy atom. The Morgan fingerprint density at radius 3 is 1.53 bits per heavy atom. The second-order valence-corrected chi connectivity index (χ2v) is 9.59. The summed E-state index contributed by atoms with van der Waals surface area (Å²) >= 11 is 0. The predicted octanol–water partition coefficient (Wildman–Crippen LogP) is 6.77. The molecule has 192 valence electrons. The van der Waals surface area contributed by atoms with Crippen molar-refractivity contribution in [1.29, 1.82) is 0 Å². The van der Waals surface area contributed by atoms with Crippen molar-refractivity contribution in [2.45, 2.75) is 136 Å². The van der Waals surface area contributed by atoms with Gasteiger partial charge in [-0.3, -0.25) is 9.69 Å². The summed E-state index contributed by atoms with van der Waals surface area (Å²) in [6.45, 7) is 7.62. The minimum absolute atomic E-state index is 0.0116. The van der Waals surface area contributed by atoms with E-state index >= 15 is 0 Å². The Labute approximate surface area is 199 Å². The van der Waals surface area contributed by atoms with Crippen molar-refractivity contribution in [2.24, 2.45) is 5.92 Å². The first-order valence-electron chi connectivity index (χ1n) is 13.0. The molecule has 0 spiro atoms. The van der Waals surface area contributed by atoms with Crippen LogP contribution in [0.5, 0.6) is 0 Å². The monoisotopic (exact) mass is 457 g/mol. The molecule has 5 heteroatoms. The number of hydrogen-bond acceptors (Lipinski definition) is 4. The molecule has 5 nitrogen and oxygen atoms in total. The molecule has 0 amide bonds. The van der Waals surface area contributed by atoms with Crippen molar-refractivity contribution in [1.82, 2.24) is 4.90 Å². The summed E-state index contributed by atoms with van der Waals surface area (Å²) in [5.74, 6) is -0.650. The Morgan fingerprint density at radius 1 is 0.812 bits per heavy atom. The molecule has 0 aromatic rings. The van der Waals surface area contributed by atoms with Crippen molar-refractivity contribution < 1.29 is 20.1 Å². The van der Waals surface area contributed by atoms with E-state index in [0.29, 0.717) is 6.42 Å². The predicted molar refractivity (Wildman–Crippen MR) is 137 cm³/mol.